The van der Waals surface area contributed by atoms with Gasteiger partial charge in [0.15, 0.2) is 0 Å². The number of hydrogen-bond acceptors (Lipinski definition) is 5. The Bertz CT molecular complexity index is 496. The number of para-hydroxylation sites is 1. The maximum Gasteiger partial charge on any atom is 0.230 e. The molecule has 5 heteroatoms. The number of phenols is 1. The van der Waals surface area contributed by atoms with E-state index in [1.54, 1.807) is 19.1 Å². The van der Waals surface area contributed by atoms with Crippen molar-refractivity contribution in [3.8, 4) is 5.75 Å². The van der Waals surface area contributed by atoms with Crippen LogP contribution in [-0.4, -0.2) is 27.3 Å². The van der Waals surface area contributed by atoms with Crippen LogP contribution >= 0.6 is 0 Å². The summed E-state index contributed by atoms with van der Waals surface area (Å²) in [6.07, 6.45) is 0. The largest absolute Gasteiger partial charge is 0.508 e. The third-order valence-corrected chi connectivity index (χ3v) is 2.40. The summed E-state index contributed by atoms with van der Waals surface area (Å²) >= 11 is 0. The third-order valence-electron chi connectivity index (χ3n) is 2.40. The molecular weight excluding hydrogens is 218 g/mol. The van der Waals surface area contributed by atoms with Crippen molar-refractivity contribution in [3.63, 3.8) is 0 Å². The van der Waals surface area contributed by atoms with Crippen LogP contribution < -0.4 is 0 Å². The van der Waals surface area contributed by atoms with Crippen molar-refractivity contribution >= 4 is 0 Å². The van der Waals surface area contributed by atoms with Gasteiger partial charge in [0.05, 0.1) is 6.54 Å². The molecule has 0 aliphatic heterocycles. The summed E-state index contributed by atoms with van der Waals surface area (Å²) in [5.41, 5.74) is 0.881. The van der Waals surface area contributed by atoms with E-state index in [1.807, 2.05) is 24.1 Å². The zero-order valence-corrected chi connectivity index (χ0v) is 9.92. The molecule has 2 aromatic rings. The Morgan fingerprint density at radius 1 is 1.24 bits per heavy atom. The summed E-state index contributed by atoms with van der Waals surface area (Å²) in [5, 5.41) is 17.4. The maximum absolute atomic E-state index is 9.65. The highest BCUT2D eigenvalue weighted by molar-refractivity contribution is 5.31. The van der Waals surface area contributed by atoms with Crippen LogP contribution in [0.5, 0.6) is 5.75 Å². The lowest BCUT2D eigenvalue weighted by Gasteiger charge is -2.14. The van der Waals surface area contributed by atoms with Crippen LogP contribution in [0.1, 0.15) is 17.3 Å². The average Bonchev–Trinajstić information content (AvgIpc) is 2.67. The van der Waals surface area contributed by atoms with Crippen LogP contribution in [0.25, 0.3) is 0 Å². The van der Waals surface area contributed by atoms with E-state index in [-0.39, 0.29) is 0 Å². The summed E-state index contributed by atoms with van der Waals surface area (Å²) < 4.78 is 5.30. The number of phenolic OH excluding ortho intramolecular Hbond substituents is 1. The predicted octanol–water partition coefficient (Wildman–Crippen LogP) is 1.72. The Morgan fingerprint density at radius 2 is 2.00 bits per heavy atom. The molecule has 0 saturated carbocycles. The van der Waals surface area contributed by atoms with E-state index in [4.69, 9.17) is 4.42 Å². The van der Waals surface area contributed by atoms with E-state index in [2.05, 4.69) is 10.2 Å². The minimum Gasteiger partial charge on any atom is -0.508 e. The van der Waals surface area contributed by atoms with Crippen molar-refractivity contribution in [1.29, 1.82) is 0 Å². The summed E-state index contributed by atoms with van der Waals surface area (Å²) in [4.78, 5) is 2.00. The first kappa shape index (κ1) is 11.6. The number of aromatic nitrogens is 2. The van der Waals surface area contributed by atoms with Crippen molar-refractivity contribution in [1.82, 2.24) is 15.1 Å². The number of nitrogens with zero attached hydrogens (tertiary/aromatic N) is 3. The minimum absolute atomic E-state index is 0.307. The van der Waals surface area contributed by atoms with Gasteiger partial charge in [-0.3, -0.25) is 4.90 Å². The zero-order valence-electron chi connectivity index (χ0n) is 9.92. The molecule has 5 nitrogen and oxygen atoms in total. The van der Waals surface area contributed by atoms with Gasteiger partial charge in [-0.2, -0.15) is 0 Å². The number of rotatable bonds is 4. The minimum atomic E-state index is 0.307. The summed E-state index contributed by atoms with van der Waals surface area (Å²) in [7, 11) is 1.94. The van der Waals surface area contributed by atoms with Crippen molar-refractivity contribution in [2.24, 2.45) is 0 Å². The molecule has 1 aromatic carbocycles. The number of aryl methyl sites for hydroxylation is 1. The Kier molecular flexibility index (Phi) is 3.39. The molecule has 1 heterocycles. The first-order valence-electron chi connectivity index (χ1n) is 5.39. The number of aromatic hydroxyl groups is 1. The van der Waals surface area contributed by atoms with E-state index >= 15 is 0 Å². The van der Waals surface area contributed by atoms with Gasteiger partial charge in [-0.15, -0.1) is 10.2 Å². The average molecular weight is 233 g/mol. The molecule has 0 bridgehead atoms. The molecule has 0 saturated heterocycles. The van der Waals surface area contributed by atoms with E-state index < -0.39 is 0 Å². The molecule has 17 heavy (non-hydrogen) atoms. The molecule has 2 rings (SSSR count). The number of benzene rings is 1. The van der Waals surface area contributed by atoms with Gasteiger partial charge in [0.1, 0.15) is 5.75 Å². The van der Waals surface area contributed by atoms with Crippen LogP contribution in [0.3, 0.4) is 0 Å². The Hall–Kier alpha value is -1.88. The summed E-state index contributed by atoms with van der Waals surface area (Å²) in [5.74, 6) is 1.46. The van der Waals surface area contributed by atoms with Crippen molar-refractivity contribution in [3.05, 3.63) is 41.6 Å². The highest BCUT2D eigenvalue weighted by atomic mass is 16.4. The van der Waals surface area contributed by atoms with Gasteiger partial charge in [0, 0.05) is 19.0 Å². The molecule has 0 spiro atoms. The van der Waals surface area contributed by atoms with E-state index in [0.717, 1.165) is 5.56 Å². The second kappa shape index (κ2) is 4.97. The fraction of sp³-hybridized carbons (Fsp3) is 0.333. The molecule has 1 N–H and O–H groups in total. The van der Waals surface area contributed by atoms with Crippen molar-refractivity contribution in [2.45, 2.75) is 20.0 Å². The first-order chi connectivity index (χ1) is 8.15. The van der Waals surface area contributed by atoms with Gasteiger partial charge in [0.25, 0.3) is 0 Å². The van der Waals surface area contributed by atoms with Crippen molar-refractivity contribution < 1.29 is 9.52 Å². The van der Waals surface area contributed by atoms with E-state index in [1.165, 1.54) is 0 Å². The molecule has 0 atom stereocenters. The van der Waals surface area contributed by atoms with Crippen molar-refractivity contribution in [2.75, 3.05) is 7.05 Å². The van der Waals surface area contributed by atoms with E-state index in [0.29, 0.717) is 30.6 Å². The molecule has 0 fully saturated rings. The fourth-order valence-corrected chi connectivity index (χ4v) is 1.62. The van der Waals surface area contributed by atoms with Gasteiger partial charge in [-0.1, -0.05) is 18.2 Å². The van der Waals surface area contributed by atoms with Gasteiger partial charge < -0.3 is 9.52 Å². The lowest BCUT2D eigenvalue weighted by molar-refractivity contribution is 0.275. The Balaban J connectivity index is 1.98. The molecule has 0 aliphatic rings. The molecule has 0 radical (unpaired) electrons. The standard InChI is InChI=1S/C12H15N3O2/c1-9-13-14-12(17-9)8-15(2)7-10-5-3-4-6-11(10)16/h3-6,16H,7-8H2,1-2H3. The Morgan fingerprint density at radius 3 is 2.65 bits per heavy atom. The molecule has 1 aromatic heterocycles. The van der Waals surface area contributed by atoms with Crippen LogP contribution in [0, 0.1) is 6.92 Å². The zero-order chi connectivity index (χ0) is 12.3. The fourth-order valence-electron chi connectivity index (χ4n) is 1.62. The molecule has 0 unspecified atom stereocenters. The highest BCUT2D eigenvalue weighted by Crippen LogP contribution is 2.17. The molecule has 0 amide bonds. The Labute approximate surface area is 99.7 Å². The van der Waals surface area contributed by atoms with E-state index in [9.17, 15) is 5.11 Å². The maximum atomic E-state index is 9.65. The second-order valence-corrected chi connectivity index (χ2v) is 4.02. The molecular formula is C12H15N3O2. The highest BCUT2D eigenvalue weighted by Gasteiger charge is 2.08. The lowest BCUT2D eigenvalue weighted by atomic mass is 10.2. The SMILES string of the molecule is Cc1nnc(CN(C)Cc2ccccc2O)o1. The topological polar surface area (TPSA) is 62.4 Å². The van der Waals surface area contributed by atoms with Crippen LogP contribution in [0.15, 0.2) is 28.7 Å². The molecule has 0 aliphatic carbocycles. The third kappa shape index (κ3) is 3.04. The summed E-state index contributed by atoms with van der Waals surface area (Å²) in [6, 6.07) is 7.28. The van der Waals surface area contributed by atoms with Crippen LogP contribution in [0.2, 0.25) is 0 Å². The van der Waals surface area contributed by atoms with Crippen LogP contribution in [0.4, 0.5) is 0 Å². The smallest absolute Gasteiger partial charge is 0.230 e. The number of hydrogen-bond donors (Lipinski definition) is 1. The van der Waals surface area contributed by atoms with Gasteiger partial charge in [-0.05, 0) is 13.1 Å². The first-order valence-corrected chi connectivity index (χ1v) is 5.39. The van der Waals surface area contributed by atoms with Gasteiger partial charge in [-0.25, -0.2) is 0 Å². The monoisotopic (exact) mass is 233 g/mol. The van der Waals surface area contributed by atoms with Crippen LogP contribution in [-0.2, 0) is 13.1 Å². The molecule has 90 valence electrons. The van der Waals surface area contributed by atoms with Gasteiger partial charge >= 0.3 is 0 Å². The normalized spacial score (nSPS) is 11.0. The van der Waals surface area contributed by atoms with Gasteiger partial charge in [0.2, 0.25) is 11.8 Å². The quantitative estimate of drug-likeness (QED) is 0.871. The lowest BCUT2D eigenvalue weighted by Crippen LogP contribution is -2.17. The second-order valence-electron chi connectivity index (χ2n) is 4.02. The predicted molar refractivity (Wildman–Crippen MR) is 62.3 cm³/mol. The summed E-state index contributed by atoms with van der Waals surface area (Å²) in [6.45, 7) is 2.96.